The Kier molecular flexibility index (Phi) is 6.98. The van der Waals surface area contributed by atoms with Crippen LogP contribution in [0.2, 0.25) is 0 Å². The summed E-state index contributed by atoms with van der Waals surface area (Å²) >= 11 is 0. The maximum absolute atomic E-state index is 12.3. The van der Waals surface area contributed by atoms with E-state index in [0.29, 0.717) is 11.7 Å². The lowest BCUT2D eigenvalue weighted by molar-refractivity contribution is 0.0102. The van der Waals surface area contributed by atoms with Gasteiger partial charge in [-0.25, -0.2) is 0 Å². The van der Waals surface area contributed by atoms with Gasteiger partial charge in [0.1, 0.15) is 5.82 Å². The van der Waals surface area contributed by atoms with Gasteiger partial charge in [0.2, 0.25) is 0 Å². The van der Waals surface area contributed by atoms with E-state index in [1.54, 1.807) is 6.07 Å². The number of carbonyl (C=O) groups is 1. The van der Waals surface area contributed by atoms with Gasteiger partial charge < -0.3 is 15.4 Å². The molecule has 2 heterocycles. The van der Waals surface area contributed by atoms with Gasteiger partial charge in [0.25, 0.3) is 5.91 Å². The van der Waals surface area contributed by atoms with Crippen LogP contribution in [0.5, 0.6) is 0 Å². The lowest BCUT2D eigenvalue weighted by Crippen LogP contribution is -2.47. The summed E-state index contributed by atoms with van der Waals surface area (Å²) in [7, 11) is 0. The smallest absolute Gasteiger partial charge is 0.272 e. The molecular formula is C22H35N5O2. The van der Waals surface area contributed by atoms with E-state index in [2.05, 4.69) is 25.7 Å². The number of morpholine rings is 1. The molecule has 29 heavy (non-hydrogen) atoms. The molecule has 160 valence electrons. The van der Waals surface area contributed by atoms with Crippen LogP contribution in [-0.4, -0.2) is 66.4 Å². The number of ether oxygens (including phenoxy) is 1. The van der Waals surface area contributed by atoms with E-state index in [-0.39, 0.29) is 11.3 Å². The van der Waals surface area contributed by atoms with Gasteiger partial charge in [0.05, 0.1) is 13.2 Å². The second-order valence-corrected chi connectivity index (χ2v) is 9.06. The van der Waals surface area contributed by atoms with E-state index in [1.807, 2.05) is 6.07 Å². The first-order valence-electron chi connectivity index (χ1n) is 11.4. The summed E-state index contributed by atoms with van der Waals surface area (Å²) in [4.78, 5) is 14.9. The van der Waals surface area contributed by atoms with Gasteiger partial charge in [-0.1, -0.05) is 32.1 Å². The number of carbonyl (C=O) groups excluding carboxylic acids is 1. The number of hydrogen-bond acceptors (Lipinski definition) is 6. The summed E-state index contributed by atoms with van der Waals surface area (Å²) in [5.74, 6) is 0.654. The molecule has 3 fully saturated rings. The average Bonchev–Trinajstić information content (AvgIpc) is 3.27. The van der Waals surface area contributed by atoms with Crippen molar-refractivity contribution in [3.8, 4) is 0 Å². The van der Waals surface area contributed by atoms with Crippen molar-refractivity contribution in [1.82, 2.24) is 20.4 Å². The highest BCUT2D eigenvalue weighted by molar-refractivity contribution is 5.92. The summed E-state index contributed by atoms with van der Waals surface area (Å²) in [5.41, 5.74) is 0.693. The highest BCUT2D eigenvalue weighted by Gasteiger charge is 2.34. The second-order valence-electron chi connectivity index (χ2n) is 9.06. The van der Waals surface area contributed by atoms with E-state index < -0.39 is 0 Å². The number of anilines is 1. The Morgan fingerprint density at radius 2 is 1.83 bits per heavy atom. The van der Waals surface area contributed by atoms with Crippen molar-refractivity contribution in [2.45, 2.75) is 63.8 Å². The predicted octanol–water partition coefficient (Wildman–Crippen LogP) is 2.84. The van der Waals surface area contributed by atoms with E-state index in [1.165, 1.54) is 44.9 Å². The largest absolute Gasteiger partial charge is 0.379 e. The predicted molar refractivity (Wildman–Crippen MR) is 113 cm³/mol. The van der Waals surface area contributed by atoms with E-state index in [9.17, 15) is 4.79 Å². The number of aromatic nitrogens is 2. The molecule has 2 aliphatic carbocycles. The number of nitrogens with zero attached hydrogens (tertiary/aromatic N) is 3. The zero-order valence-electron chi connectivity index (χ0n) is 17.5. The molecule has 7 nitrogen and oxygen atoms in total. The zero-order valence-corrected chi connectivity index (χ0v) is 17.5. The summed E-state index contributed by atoms with van der Waals surface area (Å²) in [5, 5.41) is 15.0. The highest BCUT2D eigenvalue weighted by atomic mass is 16.5. The standard InChI is InChI=1S/C22H35N5O2/c28-21(24-18-6-2-3-7-18)19-8-9-20(26-25-19)23-16-22(10-4-1-5-11-22)17-27-12-14-29-15-13-27/h8-9,18H,1-7,10-17H2,(H,23,26)(H,24,28). The van der Waals surface area contributed by atoms with Gasteiger partial charge in [0.15, 0.2) is 5.69 Å². The van der Waals surface area contributed by atoms with Crippen LogP contribution in [0.1, 0.15) is 68.3 Å². The van der Waals surface area contributed by atoms with Crippen LogP contribution in [0.4, 0.5) is 5.82 Å². The first-order chi connectivity index (χ1) is 14.2. The fourth-order valence-corrected chi connectivity index (χ4v) is 5.08. The molecule has 0 atom stereocenters. The normalized spacial score (nSPS) is 23.0. The Labute approximate surface area is 174 Å². The van der Waals surface area contributed by atoms with Gasteiger partial charge in [0, 0.05) is 37.6 Å². The van der Waals surface area contributed by atoms with Crippen LogP contribution in [0, 0.1) is 5.41 Å². The quantitative estimate of drug-likeness (QED) is 0.731. The first-order valence-corrected chi connectivity index (χ1v) is 11.4. The van der Waals surface area contributed by atoms with E-state index >= 15 is 0 Å². The molecule has 1 aliphatic heterocycles. The fourth-order valence-electron chi connectivity index (χ4n) is 5.08. The molecule has 0 radical (unpaired) electrons. The summed E-state index contributed by atoms with van der Waals surface area (Å²) in [6.07, 6.45) is 11.0. The summed E-state index contributed by atoms with van der Waals surface area (Å²) < 4.78 is 5.52. The summed E-state index contributed by atoms with van der Waals surface area (Å²) in [6.45, 7) is 5.79. The lowest BCUT2D eigenvalue weighted by atomic mass is 9.73. The minimum Gasteiger partial charge on any atom is -0.379 e. The van der Waals surface area contributed by atoms with Crippen molar-refractivity contribution in [2.24, 2.45) is 5.41 Å². The molecule has 0 spiro atoms. The van der Waals surface area contributed by atoms with Gasteiger partial charge in [-0.15, -0.1) is 10.2 Å². The van der Waals surface area contributed by atoms with Gasteiger partial charge in [-0.3, -0.25) is 9.69 Å². The van der Waals surface area contributed by atoms with Crippen LogP contribution in [0.15, 0.2) is 12.1 Å². The lowest BCUT2D eigenvalue weighted by Gasteiger charge is -2.42. The van der Waals surface area contributed by atoms with Crippen molar-refractivity contribution >= 4 is 11.7 Å². The molecule has 0 unspecified atom stereocenters. The first kappa shape index (κ1) is 20.5. The number of nitrogens with one attached hydrogen (secondary N) is 2. The van der Waals surface area contributed by atoms with Crippen molar-refractivity contribution in [3.05, 3.63) is 17.8 Å². The fraction of sp³-hybridized carbons (Fsp3) is 0.773. The van der Waals surface area contributed by atoms with E-state index in [0.717, 1.165) is 58.1 Å². The molecule has 0 aromatic carbocycles. The van der Waals surface area contributed by atoms with E-state index in [4.69, 9.17) is 4.74 Å². The van der Waals surface area contributed by atoms with Crippen molar-refractivity contribution in [3.63, 3.8) is 0 Å². The molecule has 1 saturated heterocycles. The van der Waals surface area contributed by atoms with Crippen molar-refractivity contribution in [1.29, 1.82) is 0 Å². The van der Waals surface area contributed by atoms with Crippen LogP contribution in [-0.2, 0) is 4.74 Å². The Bertz CT molecular complexity index is 648. The zero-order chi connectivity index (χ0) is 19.9. The molecule has 3 aliphatic rings. The Morgan fingerprint density at radius 1 is 1.07 bits per heavy atom. The monoisotopic (exact) mass is 401 g/mol. The SMILES string of the molecule is O=C(NC1CCCC1)c1ccc(NCC2(CN3CCOCC3)CCCCC2)nn1. The average molecular weight is 402 g/mol. The Balaban J connectivity index is 1.32. The third-order valence-electron chi connectivity index (χ3n) is 6.81. The molecule has 0 bridgehead atoms. The molecule has 4 rings (SSSR count). The maximum atomic E-state index is 12.3. The van der Waals surface area contributed by atoms with Gasteiger partial charge in [-0.2, -0.15) is 0 Å². The topological polar surface area (TPSA) is 79.4 Å². The number of amides is 1. The minimum atomic E-state index is -0.105. The van der Waals surface area contributed by atoms with Crippen LogP contribution in [0.25, 0.3) is 0 Å². The van der Waals surface area contributed by atoms with Gasteiger partial charge in [-0.05, 0) is 37.8 Å². The number of rotatable bonds is 7. The van der Waals surface area contributed by atoms with Crippen molar-refractivity contribution < 1.29 is 9.53 Å². The number of hydrogen-bond donors (Lipinski definition) is 2. The third-order valence-corrected chi connectivity index (χ3v) is 6.81. The summed E-state index contributed by atoms with van der Waals surface area (Å²) in [6, 6.07) is 3.98. The maximum Gasteiger partial charge on any atom is 0.272 e. The van der Waals surface area contributed by atoms with Crippen LogP contribution >= 0.6 is 0 Å². The Morgan fingerprint density at radius 3 is 2.52 bits per heavy atom. The molecule has 1 amide bonds. The van der Waals surface area contributed by atoms with Crippen LogP contribution in [0.3, 0.4) is 0 Å². The molecule has 1 aromatic heterocycles. The molecule has 7 heteroatoms. The van der Waals surface area contributed by atoms with Gasteiger partial charge >= 0.3 is 0 Å². The molecular weight excluding hydrogens is 366 g/mol. The van der Waals surface area contributed by atoms with Crippen molar-refractivity contribution in [2.75, 3.05) is 44.7 Å². The highest BCUT2D eigenvalue weighted by Crippen LogP contribution is 2.37. The minimum absolute atomic E-state index is 0.105. The third kappa shape index (κ3) is 5.66. The molecule has 1 aromatic rings. The second kappa shape index (κ2) is 9.85. The van der Waals surface area contributed by atoms with Crippen LogP contribution < -0.4 is 10.6 Å². The Hall–Kier alpha value is -1.73. The molecule has 2 saturated carbocycles. The molecule has 2 N–H and O–H groups in total.